The van der Waals surface area contributed by atoms with Crippen LogP contribution in [0.3, 0.4) is 0 Å². The van der Waals surface area contributed by atoms with Gasteiger partial charge < -0.3 is 14.2 Å². The van der Waals surface area contributed by atoms with E-state index in [2.05, 4.69) is 45.0 Å². The van der Waals surface area contributed by atoms with E-state index in [9.17, 15) is 9.59 Å². The first-order valence-corrected chi connectivity index (χ1v) is 12.9. The summed E-state index contributed by atoms with van der Waals surface area (Å²) in [7, 11) is 1.70. The molecule has 4 rings (SSSR count). The van der Waals surface area contributed by atoms with Crippen LogP contribution in [0.5, 0.6) is 23.0 Å². The molecule has 1 atom stereocenters. The molecule has 0 aliphatic carbocycles. The second-order valence-electron chi connectivity index (χ2n) is 9.99. The average Bonchev–Trinajstić information content (AvgIpc) is 2.90. The molecule has 0 heterocycles. The minimum absolute atomic E-state index is 0.00134. The molecule has 0 saturated heterocycles. The number of ether oxygens (including phenoxy) is 3. The lowest BCUT2D eigenvalue weighted by molar-refractivity contribution is 0.0732. The number of rotatable bonds is 8. The van der Waals surface area contributed by atoms with E-state index < -0.39 is 5.97 Å². The molecular formula is C34H34O5. The van der Waals surface area contributed by atoms with Crippen molar-refractivity contribution in [3.8, 4) is 23.0 Å². The van der Waals surface area contributed by atoms with Gasteiger partial charge in [0.2, 0.25) is 0 Å². The third kappa shape index (κ3) is 6.20. The smallest absolute Gasteiger partial charge is 0.343 e. The van der Waals surface area contributed by atoms with Crippen molar-refractivity contribution in [1.82, 2.24) is 0 Å². The zero-order valence-corrected chi connectivity index (χ0v) is 23.5. The van der Waals surface area contributed by atoms with E-state index in [1.807, 2.05) is 13.8 Å². The standard InChI is InChI=1S/C34H34O5/c1-20-16-28(17-21(2)32(20)37-7)24(5)29-18-22(3)33(23(4)19-29)39-34(36)27-10-14-31(15-11-27)38-30-12-8-26(9-13-30)25(6)35/h8-19,24H,1-7H3. The van der Waals surface area contributed by atoms with Crippen molar-refractivity contribution in [3.05, 3.63) is 117 Å². The van der Waals surface area contributed by atoms with Gasteiger partial charge >= 0.3 is 5.97 Å². The minimum atomic E-state index is -0.430. The highest BCUT2D eigenvalue weighted by Crippen LogP contribution is 2.35. The van der Waals surface area contributed by atoms with Gasteiger partial charge in [0.15, 0.2) is 5.78 Å². The number of carbonyl (C=O) groups is 2. The summed E-state index contributed by atoms with van der Waals surface area (Å²) in [4.78, 5) is 24.4. The van der Waals surface area contributed by atoms with Crippen LogP contribution in [-0.4, -0.2) is 18.9 Å². The highest BCUT2D eigenvalue weighted by atomic mass is 16.5. The quantitative estimate of drug-likeness (QED) is 0.132. The molecule has 0 bridgehead atoms. The van der Waals surface area contributed by atoms with E-state index in [0.29, 0.717) is 28.4 Å². The molecule has 0 aliphatic rings. The van der Waals surface area contributed by atoms with E-state index in [1.54, 1.807) is 55.6 Å². The summed E-state index contributed by atoms with van der Waals surface area (Å²) in [5, 5.41) is 0. The summed E-state index contributed by atoms with van der Waals surface area (Å²) in [6.07, 6.45) is 0. The Hall–Kier alpha value is -4.38. The zero-order valence-electron chi connectivity index (χ0n) is 23.5. The van der Waals surface area contributed by atoms with E-state index >= 15 is 0 Å². The average molecular weight is 523 g/mol. The number of hydrogen-bond acceptors (Lipinski definition) is 5. The van der Waals surface area contributed by atoms with Crippen LogP contribution >= 0.6 is 0 Å². The summed E-state index contributed by atoms with van der Waals surface area (Å²) < 4.78 is 17.2. The fourth-order valence-corrected chi connectivity index (χ4v) is 4.85. The third-order valence-corrected chi connectivity index (χ3v) is 6.95. The Morgan fingerprint density at radius 1 is 0.641 bits per heavy atom. The van der Waals surface area contributed by atoms with Crippen LogP contribution in [0.25, 0.3) is 0 Å². The second kappa shape index (κ2) is 11.6. The van der Waals surface area contributed by atoms with E-state index in [-0.39, 0.29) is 11.7 Å². The zero-order chi connectivity index (χ0) is 28.3. The fourth-order valence-electron chi connectivity index (χ4n) is 4.85. The molecule has 0 radical (unpaired) electrons. The monoisotopic (exact) mass is 522 g/mol. The number of carbonyl (C=O) groups excluding carboxylic acids is 2. The SMILES string of the molecule is COc1c(C)cc(C(C)c2cc(C)c(OC(=O)c3ccc(Oc4ccc(C(C)=O)cc4)cc3)c(C)c2)cc1C. The molecule has 4 aromatic carbocycles. The van der Waals surface area contributed by atoms with E-state index in [0.717, 1.165) is 33.6 Å². The van der Waals surface area contributed by atoms with E-state index in [4.69, 9.17) is 14.2 Å². The number of aryl methyl sites for hydroxylation is 4. The Labute approximate surface area is 230 Å². The number of Topliss-reactive ketones (excluding diaryl/α,β-unsaturated/α-hetero) is 1. The van der Waals surface area contributed by atoms with Gasteiger partial charge in [0, 0.05) is 11.5 Å². The van der Waals surface area contributed by atoms with Gasteiger partial charge in [-0.3, -0.25) is 4.79 Å². The third-order valence-electron chi connectivity index (χ3n) is 6.95. The maximum absolute atomic E-state index is 13.0. The topological polar surface area (TPSA) is 61.8 Å². The van der Waals surface area contributed by atoms with Crippen molar-refractivity contribution >= 4 is 11.8 Å². The Kier molecular flexibility index (Phi) is 8.20. The van der Waals surface area contributed by atoms with Crippen LogP contribution in [-0.2, 0) is 0 Å². The Morgan fingerprint density at radius 2 is 1.05 bits per heavy atom. The van der Waals surface area contributed by atoms with Crippen LogP contribution < -0.4 is 14.2 Å². The first-order chi connectivity index (χ1) is 18.6. The highest BCUT2D eigenvalue weighted by molar-refractivity contribution is 5.94. The lowest BCUT2D eigenvalue weighted by atomic mass is 9.88. The van der Waals surface area contributed by atoms with E-state index in [1.165, 1.54) is 12.5 Å². The maximum atomic E-state index is 13.0. The predicted molar refractivity (Wildman–Crippen MR) is 154 cm³/mol. The van der Waals surface area contributed by atoms with Crippen molar-refractivity contribution in [2.45, 2.75) is 47.5 Å². The normalized spacial score (nSPS) is 11.6. The lowest BCUT2D eigenvalue weighted by Gasteiger charge is -2.19. The molecular weight excluding hydrogens is 488 g/mol. The van der Waals surface area contributed by atoms with Gasteiger partial charge in [0.1, 0.15) is 23.0 Å². The van der Waals surface area contributed by atoms with Crippen LogP contribution in [0.1, 0.15) is 73.9 Å². The molecule has 1 unspecified atom stereocenters. The van der Waals surface area contributed by atoms with Crippen molar-refractivity contribution in [2.75, 3.05) is 7.11 Å². The van der Waals surface area contributed by atoms with Crippen molar-refractivity contribution in [1.29, 1.82) is 0 Å². The molecule has 0 amide bonds. The number of esters is 1. The highest BCUT2D eigenvalue weighted by Gasteiger charge is 2.18. The second-order valence-corrected chi connectivity index (χ2v) is 9.99. The fraction of sp³-hybridized carbons (Fsp3) is 0.235. The summed E-state index contributed by atoms with van der Waals surface area (Å²) in [5.41, 5.74) is 7.45. The maximum Gasteiger partial charge on any atom is 0.343 e. The summed E-state index contributed by atoms with van der Waals surface area (Å²) in [6.45, 7) is 11.8. The molecule has 0 saturated carbocycles. The van der Waals surface area contributed by atoms with Gasteiger partial charge in [0.25, 0.3) is 0 Å². The lowest BCUT2D eigenvalue weighted by Crippen LogP contribution is -2.11. The number of benzene rings is 4. The van der Waals surface area contributed by atoms with Gasteiger partial charge in [-0.05, 0) is 117 Å². The summed E-state index contributed by atoms with van der Waals surface area (Å²) in [6, 6.07) is 22.2. The number of methoxy groups -OCH3 is 1. The van der Waals surface area contributed by atoms with Crippen LogP contribution in [0.15, 0.2) is 72.8 Å². The molecule has 0 aliphatic heterocycles. The van der Waals surface area contributed by atoms with Crippen LogP contribution in [0.2, 0.25) is 0 Å². The van der Waals surface area contributed by atoms with Crippen molar-refractivity contribution in [2.24, 2.45) is 0 Å². The van der Waals surface area contributed by atoms with Crippen LogP contribution in [0.4, 0.5) is 0 Å². The molecule has 200 valence electrons. The van der Waals surface area contributed by atoms with Gasteiger partial charge in [-0.15, -0.1) is 0 Å². The molecule has 5 nitrogen and oxygen atoms in total. The molecule has 5 heteroatoms. The summed E-state index contributed by atoms with van der Waals surface area (Å²) >= 11 is 0. The first kappa shape index (κ1) is 27.6. The minimum Gasteiger partial charge on any atom is -0.496 e. The Bertz CT molecular complexity index is 1470. The first-order valence-electron chi connectivity index (χ1n) is 12.9. The van der Waals surface area contributed by atoms with Gasteiger partial charge in [0.05, 0.1) is 12.7 Å². The Balaban J connectivity index is 1.47. The molecule has 0 N–H and O–H groups in total. The van der Waals surface area contributed by atoms with Gasteiger partial charge in [-0.2, -0.15) is 0 Å². The number of hydrogen-bond donors (Lipinski definition) is 0. The van der Waals surface area contributed by atoms with Crippen LogP contribution in [0, 0.1) is 27.7 Å². The molecule has 0 aromatic heterocycles. The predicted octanol–water partition coefficient (Wildman–Crippen LogP) is 8.29. The Morgan fingerprint density at radius 3 is 1.46 bits per heavy atom. The van der Waals surface area contributed by atoms with Crippen molar-refractivity contribution in [3.63, 3.8) is 0 Å². The van der Waals surface area contributed by atoms with Gasteiger partial charge in [-0.25, -0.2) is 4.79 Å². The largest absolute Gasteiger partial charge is 0.496 e. The van der Waals surface area contributed by atoms with Crippen molar-refractivity contribution < 1.29 is 23.8 Å². The van der Waals surface area contributed by atoms with Gasteiger partial charge in [-0.1, -0.05) is 31.2 Å². The summed E-state index contributed by atoms with van der Waals surface area (Å²) in [5.74, 6) is 2.42. The molecule has 0 fully saturated rings. The molecule has 0 spiro atoms. The molecule has 39 heavy (non-hydrogen) atoms. The number of ketones is 1. The molecule has 4 aromatic rings.